The van der Waals surface area contributed by atoms with Crippen LogP contribution >= 0.6 is 24.8 Å². The van der Waals surface area contributed by atoms with Crippen molar-refractivity contribution >= 4 is 24.8 Å². The molecule has 2 N–H and O–H groups in total. The first-order valence-electron chi connectivity index (χ1n) is 5.27. The van der Waals surface area contributed by atoms with Crippen molar-refractivity contribution in [3.63, 3.8) is 0 Å². The van der Waals surface area contributed by atoms with Crippen LogP contribution in [0, 0.1) is 0 Å². The molecule has 0 saturated heterocycles. The molecule has 2 nitrogen and oxygen atoms in total. The van der Waals surface area contributed by atoms with Gasteiger partial charge >= 0.3 is 0 Å². The Morgan fingerprint density at radius 1 is 1.00 bits per heavy atom. The van der Waals surface area contributed by atoms with E-state index in [-0.39, 0.29) is 24.8 Å². The quantitative estimate of drug-likeness (QED) is 0.824. The highest BCUT2D eigenvalue weighted by molar-refractivity contribution is 5.85. The van der Waals surface area contributed by atoms with E-state index in [1.165, 1.54) is 38.8 Å². The largest absolute Gasteiger partial charge is 0.328 e. The molecule has 0 aromatic rings. The van der Waals surface area contributed by atoms with Gasteiger partial charge < -0.3 is 10.6 Å². The number of rotatable bonds is 3. The summed E-state index contributed by atoms with van der Waals surface area (Å²) >= 11 is 0. The van der Waals surface area contributed by atoms with Crippen LogP contribution in [0.1, 0.15) is 39.5 Å². The van der Waals surface area contributed by atoms with Gasteiger partial charge in [-0.25, -0.2) is 0 Å². The van der Waals surface area contributed by atoms with Crippen molar-refractivity contribution in [3.05, 3.63) is 0 Å². The van der Waals surface area contributed by atoms with E-state index in [1.807, 2.05) is 0 Å². The molecule has 0 aromatic carbocycles. The number of hydrogen-bond donors (Lipinski definition) is 1. The highest BCUT2D eigenvalue weighted by Crippen LogP contribution is 2.21. The van der Waals surface area contributed by atoms with E-state index in [9.17, 15) is 0 Å². The smallest absolute Gasteiger partial charge is 0.00961 e. The zero-order valence-corrected chi connectivity index (χ0v) is 10.9. The van der Waals surface area contributed by atoms with Gasteiger partial charge in [0.2, 0.25) is 0 Å². The average Bonchev–Trinajstić information content (AvgIpc) is 2.10. The second-order valence-corrected chi connectivity index (χ2v) is 3.79. The van der Waals surface area contributed by atoms with Gasteiger partial charge in [-0.05, 0) is 38.8 Å². The highest BCUT2D eigenvalue weighted by Gasteiger charge is 2.21. The SMILES string of the molecule is CCN(CC)[C@H]1CC[C@H](N)CC1.Cl.Cl. The number of nitrogens with two attached hydrogens (primary N) is 1. The van der Waals surface area contributed by atoms with Crippen LogP contribution in [0.15, 0.2) is 0 Å². The molecule has 0 spiro atoms. The molecule has 1 rings (SSSR count). The fraction of sp³-hybridized carbons (Fsp3) is 1.00. The molecule has 0 unspecified atom stereocenters. The van der Waals surface area contributed by atoms with E-state index in [4.69, 9.17) is 5.73 Å². The first-order chi connectivity index (χ1) is 5.77. The average molecular weight is 243 g/mol. The minimum atomic E-state index is 0. The van der Waals surface area contributed by atoms with Crippen LogP contribution in [0.5, 0.6) is 0 Å². The molecule has 14 heavy (non-hydrogen) atoms. The van der Waals surface area contributed by atoms with E-state index in [0.717, 1.165) is 6.04 Å². The molecule has 4 heteroatoms. The lowest BCUT2D eigenvalue weighted by Gasteiger charge is -2.34. The molecule has 0 heterocycles. The zero-order valence-electron chi connectivity index (χ0n) is 9.24. The predicted molar refractivity (Wildman–Crippen MR) is 67.6 cm³/mol. The van der Waals surface area contributed by atoms with Crippen LogP contribution in [0.4, 0.5) is 0 Å². The Morgan fingerprint density at radius 2 is 1.43 bits per heavy atom. The van der Waals surface area contributed by atoms with Crippen molar-refractivity contribution in [2.75, 3.05) is 13.1 Å². The van der Waals surface area contributed by atoms with Gasteiger partial charge in [-0.1, -0.05) is 13.8 Å². The summed E-state index contributed by atoms with van der Waals surface area (Å²) in [5, 5.41) is 0. The molecule has 0 radical (unpaired) electrons. The minimum Gasteiger partial charge on any atom is -0.328 e. The van der Waals surface area contributed by atoms with Gasteiger partial charge in [0.15, 0.2) is 0 Å². The molecule has 1 aliphatic rings. The third-order valence-electron chi connectivity index (χ3n) is 3.07. The van der Waals surface area contributed by atoms with Crippen molar-refractivity contribution in [3.8, 4) is 0 Å². The molecular formula is C10H24Cl2N2. The van der Waals surface area contributed by atoms with Crippen LogP contribution < -0.4 is 5.73 Å². The molecule has 1 fully saturated rings. The topological polar surface area (TPSA) is 29.3 Å². The van der Waals surface area contributed by atoms with Crippen molar-refractivity contribution in [2.45, 2.75) is 51.6 Å². The monoisotopic (exact) mass is 242 g/mol. The fourth-order valence-electron chi connectivity index (χ4n) is 2.21. The Labute approximate surface area is 100 Å². The third-order valence-corrected chi connectivity index (χ3v) is 3.07. The van der Waals surface area contributed by atoms with E-state index in [1.54, 1.807) is 0 Å². The first kappa shape index (κ1) is 16.9. The molecule has 1 aliphatic carbocycles. The minimum absolute atomic E-state index is 0. The van der Waals surface area contributed by atoms with Crippen LogP contribution in [-0.4, -0.2) is 30.1 Å². The highest BCUT2D eigenvalue weighted by atomic mass is 35.5. The molecule has 0 bridgehead atoms. The normalized spacial score (nSPS) is 26.6. The second kappa shape index (κ2) is 8.78. The predicted octanol–water partition coefficient (Wildman–Crippen LogP) is 2.44. The van der Waals surface area contributed by atoms with Crippen molar-refractivity contribution in [1.82, 2.24) is 4.90 Å². The fourth-order valence-corrected chi connectivity index (χ4v) is 2.21. The molecular weight excluding hydrogens is 219 g/mol. The Kier molecular flexibility index (Phi) is 10.6. The molecule has 0 aromatic heterocycles. The maximum atomic E-state index is 5.86. The van der Waals surface area contributed by atoms with Gasteiger partial charge in [0.05, 0.1) is 0 Å². The summed E-state index contributed by atoms with van der Waals surface area (Å²) in [4.78, 5) is 2.56. The van der Waals surface area contributed by atoms with Gasteiger partial charge in [0.25, 0.3) is 0 Å². The van der Waals surface area contributed by atoms with Crippen molar-refractivity contribution in [1.29, 1.82) is 0 Å². The Balaban J connectivity index is 0. The summed E-state index contributed by atoms with van der Waals surface area (Å²) in [7, 11) is 0. The van der Waals surface area contributed by atoms with Crippen LogP contribution in [0.25, 0.3) is 0 Å². The second-order valence-electron chi connectivity index (χ2n) is 3.79. The number of hydrogen-bond acceptors (Lipinski definition) is 2. The van der Waals surface area contributed by atoms with E-state index < -0.39 is 0 Å². The molecule has 0 aliphatic heterocycles. The number of nitrogens with zero attached hydrogens (tertiary/aromatic N) is 1. The van der Waals surface area contributed by atoms with Crippen molar-refractivity contribution < 1.29 is 0 Å². The maximum Gasteiger partial charge on any atom is 0.00961 e. The molecule has 1 saturated carbocycles. The molecule has 88 valence electrons. The Hall–Kier alpha value is 0.500. The van der Waals surface area contributed by atoms with E-state index in [2.05, 4.69) is 18.7 Å². The summed E-state index contributed by atoms with van der Waals surface area (Å²) in [6, 6.07) is 1.30. The zero-order chi connectivity index (χ0) is 8.97. The lowest BCUT2D eigenvalue weighted by atomic mass is 9.91. The van der Waals surface area contributed by atoms with Crippen molar-refractivity contribution in [2.24, 2.45) is 5.73 Å². The summed E-state index contributed by atoms with van der Waals surface area (Å²) in [6.45, 7) is 6.88. The van der Waals surface area contributed by atoms with E-state index in [0.29, 0.717) is 6.04 Å². The van der Waals surface area contributed by atoms with Crippen LogP contribution in [0.2, 0.25) is 0 Å². The van der Waals surface area contributed by atoms with Crippen LogP contribution in [-0.2, 0) is 0 Å². The standard InChI is InChI=1S/C10H22N2.2ClH/c1-3-12(4-2)10-7-5-9(11)6-8-10;;/h9-10H,3-8,11H2,1-2H3;2*1H/t9-,10-;;. The van der Waals surface area contributed by atoms with Gasteiger partial charge in [-0.15, -0.1) is 24.8 Å². The lowest BCUT2D eigenvalue weighted by molar-refractivity contribution is 0.164. The van der Waals surface area contributed by atoms with Crippen LogP contribution in [0.3, 0.4) is 0 Å². The van der Waals surface area contributed by atoms with Gasteiger partial charge in [0.1, 0.15) is 0 Å². The summed E-state index contributed by atoms with van der Waals surface area (Å²) in [5.74, 6) is 0. The van der Waals surface area contributed by atoms with E-state index >= 15 is 0 Å². The Bertz CT molecular complexity index is 121. The van der Waals surface area contributed by atoms with Gasteiger partial charge in [-0.2, -0.15) is 0 Å². The Morgan fingerprint density at radius 3 is 1.79 bits per heavy atom. The lowest BCUT2D eigenvalue weighted by Crippen LogP contribution is -2.40. The molecule has 0 atom stereocenters. The van der Waals surface area contributed by atoms with Gasteiger partial charge in [-0.3, -0.25) is 0 Å². The summed E-state index contributed by atoms with van der Waals surface area (Å²) in [5.41, 5.74) is 5.86. The van der Waals surface area contributed by atoms with Gasteiger partial charge in [0, 0.05) is 12.1 Å². The first-order valence-corrected chi connectivity index (χ1v) is 5.27. The maximum absolute atomic E-state index is 5.86. The molecule has 0 amide bonds. The number of halogens is 2. The summed E-state index contributed by atoms with van der Waals surface area (Å²) in [6.07, 6.45) is 5.06. The third kappa shape index (κ3) is 4.83. The summed E-state index contributed by atoms with van der Waals surface area (Å²) < 4.78 is 0.